The summed E-state index contributed by atoms with van der Waals surface area (Å²) >= 11 is 3.51. The van der Waals surface area contributed by atoms with Crippen molar-refractivity contribution in [2.45, 2.75) is 44.9 Å². The topological polar surface area (TPSA) is 12.9 Å². The lowest BCUT2D eigenvalue weighted by atomic mass is 9.90. The predicted molar refractivity (Wildman–Crippen MR) is 62.6 cm³/mol. The van der Waals surface area contributed by atoms with Crippen LogP contribution >= 0.6 is 15.9 Å². The van der Waals surface area contributed by atoms with Gasteiger partial charge in [0, 0.05) is 15.5 Å². The predicted octanol–water partition coefficient (Wildman–Crippen LogP) is 4.16. The minimum absolute atomic E-state index is 0.0455. The Morgan fingerprint density at radius 1 is 1.40 bits per heavy atom. The summed E-state index contributed by atoms with van der Waals surface area (Å²) in [4.78, 5) is 4.20. The van der Waals surface area contributed by atoms with Gasteiger partial charge in [0.15, 0.2) is 0 Å². The van der Waals surface area contributed by atoms with Gasteiger partial charge in [-0.25, -0.2) is 4.39 Å². The fourth-order valence-corrected chi connectivity index (χ4v) is 2.96. The van der Waals surface area contributed by atoms with Crippen molar-refractivity contribution in [1.82, 2.24) is 4.98 Å². The molecule has 1 aliphatic carbocycles. The molecule has 1 nitrogen and oxygen atoms in total. The number of rotatable bonds is 1. The average Bonchev–Trinajstić information content (AvgIpc) is 2.85. The Kier molecular flexibility index (Phi) is 2.61. The van der Waals surface area contributed by atoms with E-state index >= 15 is 0 Å². The quantitative estimate of drug-likeness (QED) is 0.748. The summed E-state index contributed by atoms with van der Waals surface area (Å²) in [5.41, 5.74) is 1.73. The van der Waals surface area contributed by atoms with Crippen LogP contribution in [0.1, 0.15) is 50.8 Å². The van der Waals surface area contributed by atoms with Gasteiger partial charge in [0.05, 0.1) is 11.9 Å². The van der Waals surface area contributed by atoms with Crippen LogP contribution in [0.5, 0.6) is 0 Å². The fourth-order valence-electron chi connectivity index (χ4n) is 1.75. The van der Waals surface area contributed by atoms with Crippen LogP contribution in [0.3, 0.4) is 0 Å². The molecule has 0 radical (unpaired) electrons. The summed E-state index contributed by atoms with van der Waals surface area (Å²) in [7, 11) is 0. The first-order valence-corrected chi connectivity index (χ1v) is 6.05. The summed E-state index contributed by atoms with van der Waals surface area (Å²) in [6.45, 7) is 6.28. The lowest BCUT2D eigenvalue weighted by Gasteiger charge is -2.21. The zero-order valence-corrected chi connectivity index (χ0v) is 10.9. The summed E-state index contributed by atoms with van der Waals surface area (Å²) in [5, 5.41) is 0. The molecule has 0 unspecified atom stereocenters. The van der Waals surface area contributed by atoms with E-state index in [9.17, 15) is 4.39 Å². The van der Waals surface area contributed by atoms with Crippen molar-refractivity contribution in [2.24, 2.45) is 0 Å². The average molecular weight is 272 g/mol. The number of halogens is 2. The van der Waals surface area contributed by atoms with Crippen molar-refractivity contribution in [3.63, 3.8) is 0 Å². The number of hydrogen-bond acceptors (Lipinski definition) is 1. The SMILES string of the molecule is CC(C)(C)c1ncc(F)c(C2CC2)c1Br. The highest BCUT2D eigenvalue weighted by molar-refractivity contribution is 9.10. The van der Waals surface area contributed by atoms with E-state index in [4.69, 9.17) is 0 Å². The van der Waals surface area contributed by atoms with Gasteiger partial charge in [0.2, 0.25) is 0 Å². The van der Waals surface area contributed by atoms with Crippen molar-refractivity contribution in [3.8, 4) is 0 Å². The van der Waals surface area contributed by atoms with Gasteiger partial charge in [-0.15, -0.1) is 0 Å². The third kappa shape index (κ3) is 2.07. The molecule has 0 aliphatic heterocycles. The Hall–Kier alpha value is -0.440. The number of hydrogen-bond donors (Lipinski definition) is 0. The Balaban J connectivity index is 2.55. The Labute approximate surface area is 98.2 Å². The number of nitrogens with zero attached hydrogens (tertiary/aromatic N) is 1. The summed E-state index contributed by atoms with van der Waals surface area (Å²) in [6.07, 6.45) is 3.56. The highest BCUT2D eigenvalue weighted by atomic mass is 79.9. The normalized spacial score (nSPS) is 16.9. The van der Waals surface area contributed by atoms with Gasteiger partial charge < -0.3 is 0 Å². The first-order chi connectivity index (χ1) is 6.91. The third-order valence-electron chi connectivity index (χ3n) is 2.70. The highest BCUT2D eigenvalue weighted by Crippen LogP contribution is 2.46. The van der Waals surface area contributed by atoms with Gasteiger partial charge in [-0.05, 0) is 34.7 Å². The molecule has 2 rings (SSSR count). The van der Waals surface area contributed by atoms with Crippen molar-refractivity contribution < 1.29 is 4.39 Å². The standard InChI is InChI=1S/C12H15BrFN/c1-12(2,3)11-10(13)9(7-4-5-7)8(14)6-15-11/h6-7H,4-5H2,1-3H3. The molecule has 0 N–H and O–H groups in total. The molecule has 0 amide bonds. The molecule has 1 aromatic heterocycles. The van der Waals surface area contributed by atoms with Gasteiger partial charge in [-0.2, -0.15) is 0 Å². The highest BCUT2D eigenvalue weighted by Gasteiger charge is 2.32. The van der Waals surface area contributed by atoms with E-state index in [0.717, 1.165) is 28.6 Å². The maximum atomic E-state index is 13.6. The molecular formula is C12H15BrFN. The van der Waals surface area contributed by atoms with Crippen LogP contribution in [-0.4, -0.2) is 4.98 Å². The van der Waals surface area contributed by atoms with Crippen LogP contribution in [0.4, 0.5) is 4.39 Å². The molecule has 1 aromatic rings. The fraction of sp³-hybridized carbons (Fsp3) is 0.583. The van der Waals surface area contributed by atoms with Gasteiger partial charge in [0.25, 0.3) is 0 Å². The van der Waals surface area contributed by atoms with Crippen LogP contribution < -0.4 is 0 Å². The van der Waals surface area contributed by atoms with E-state index in [1.165, 1.54) is 6.20 Å². The molecule has 3 heteroatoms. The second kappa shape index (κ2) is 3.55. The zero-order chi connectivity index (χ0) is 11.2. The molecule has 1 aliphatic rings. The van der Waals surface area contributed by atoms with Gasteiger partial charge in [0.1, 0.15) is 5.82 Å². The lowest BCUT2D eigenvalue weighted by Crippen LogP contribution is -2.16. The van der Waals surface area contributed by atoms with Crippen LogP contribution in [0.25, 0.3) is 0 Å². The van der Waals surface area contributed by atoms with Crippen LogP contribution in [0.2, 0.25) is 0 Å². The molecule has 0 atom stereocenters. The molecule has 0 spiro atoms. The molecule has 0 bridgehead atoms. The van der Waals surface area contributed by atoms with Gasteiger partial charge in [-0.1, -0.05) is 20.8 Å². The Morgan fingerprint density at radius 3 is 2.47 bits per heavy atom. The van der Waals surface area contributed by atoms with Crippen LogP contribution in [0.15, 0.2) is 10.7 Å². The van der Waals surface area contributed by atoms with Crippen LogP contribution in [-0.2, 0) is 5.41 Å². The van der Waals surface area contributed by atoms with E-state index < -0.39 is 0 Å². The monoisotopic (exact) mass is 271 g/mol. The van der Waals surface area contributed by atoms with Crippen molar-refractivity contribution >= 4 is 15.9 Å². The maximum Gasteiger partial charge on any atom is 0.146 e. The summed E-state index contributed by atoms with van der Waals surface area (Å²) < 4.78 is 14.5. The van der Waals surface area contributed by atoms with E-state index in [2.05, 4.69) is 41.7 Å². The van der Waals surface area contributed by atoms with Gasteiger partial charge in [-0.3, -0.25) is 4.98 Å². The van der Waals surface area contributed by atoms with E-state index in [1.807, 2.05) is 0 Å². The van der Waals surface area contributed by atoms with E-state index in [1.54, 1.807) is 0 Å². The first-order valence-electron chi connectivity index (χ1n) is 5.25. The molecule has 15 heavy (non-hydrogen) atoms. The third-order valence-corrected chi connectivity index (χ3v) is 3.51. The minimum atomic E-state index is -0.169. The van der Waals surface area contributed by atoms with Gasteiger partial charge >= 0.3 is 0 Å². The first kappa shape index (κ1) is 11.1. The molecule has 0 aromatic carbocycles. The van der Waals surface area contributed by atoms with E-state index in [-0.39, 0.29) is 11.2 Å². The smallest absolute Gasteiger partial charge is 0.146 e. The van der Waals surface area contributed by atoms with Crippen molar-refractivity contribution in [1.29, 1.82) is 0 Å². The van der Waals surface area contributed by atoms with Crippen LogP contribution in [0, 0.1) is 5.82 Å². The largest absolute Gasteiger partial charge is 0.256 e. The summed E-state index contributed by atoms with van der Waals surface area (Å²) in [6, 6.07) is 0. The molecule has 1 heterocycles. The molecular weight excluding hydrogens is 257 g/mol. The Bertz CT molecular complexity index is 391. The number of pyridine rings is 1. The van der Waals surface area contributed by atoms with Crippen molar-refractivity contribution in [3.05, 3.63) is 27.7 Å². The molecule has 82 valence electrons. The second-order valence-electron chi connectivity index (χ2n) is 5.21. The second-order valence-corrected chi connectivity index (χ2v) is 6.00. The molecule has 1 fully saturated rings. The summed E-state index contributed by atoms with van der Waals surface area (Å²) in [5.74, 6) is 0.237. The zero-order valence-electron chi connectivity index (χ0n) is 9.27. The lowest BCUT2D eigenvalue weighted by molar-refractivity contribution is 0.546. The Morgan fingerprint density at radius 2 is 2.00 bits per heavy atom. The maximum absolute atomic E-state index is 13.6. The molecule has 1 saturated carbocycles. The minimum Gasteiger partial charge on any atom is -0.256 e. The molecule has 0 saturated heterocycles. The van der Waals surface area contributed by atoms with E-state index in [0.29, 0.717) is 5.92 Å². The van der Waals surface area contributed by atoms with Crippen molar-refractivity contribution in [2.75, 3.05) is 0 Å². The number of aromatic nitrogens is 1.